The molecule has 3 rings (SSSR count). The molecule has 2 aromatic carbocycles. The quantitative estimate of drug-likeness (QED) is 0.563. The normalized spacial score (nSPS) is 12.3. The summed E-state index contributed by atoms with van der Waals surface area (Å²) in [6.07, 6.45) is 0.513. The standard InChI is InChI=1S/C21H22N2O3/c1-13(2)12-18(21(25)26-3)23-20(24)19-14-8-4-6-10-16(14)22-17-11-7-5-9-15(17)19/h4-11,13,18H,12H2,1-3H3,(H,23,24)/t18-/m1/s1. The van der Waals surface area contributed by atoms with Crippen molar-refractivity contribution in [2.45, 2.75) is 26.3 Å². The largest absolute Gasteiger partial charge is 0.467 e. The Bertz CT molecular complexity index is 912. The minimum atomic E-state index is -0.682. The fraction of sp³-hybridized carbons (Fsp3) is 0.286. The maximum atomic E-state index is 13.1. The highest BCUT2D eigenvalue weighted by Crippen LogP contribution is 2.26. The van der Waals surface area contributed by atoms with E-state index in [0.29, 0.717) is 12.0 Å². The van der Waals surface area contributed by atoms with Crippen molar-refractivity contribution in [2.24, 2.45) is 5.92 Å². The SMILES string of the molecule is COC(=O)[C@@H](CC(C)C)NC(=O)c1c2ccccc2nc2ccccc12. The molecule has 0 spiro atoms. The van der Waals surface area contributed by atoms with Crippen molar-refractivity contribution >= 4 is 33.7 Å². The van der Waals surface area contributed by atoms with Gasteiger partial charge < -0.3 is 10.1 Å². The van der Waals surface area contributed by atoms with Crippen molar-refractivity contribution in [3.63, 3.8) is 0 Å². The van der Waals surface area contributed by atoms with Crippen LogP contribution in [0, 0.1) is 5.92 Å². The van der Waals surface area contributed by atoms with Gasteiger partial charge in [-0.15, -0.1) is 0 Å². The Morgan fingerprint density at radius 2 is 1.54 bits per heavy atom. The van der Waals surface area contributed by atoms with E-state index in [-0.39, 0.29) is 11.8 Å². The third-order valence-corrected chi connectivity index (χ3v) is 4.31. The first-order valence-corrected chi connectivity index (χ1v) is 8.67. The summed E-state index contributed by atoms with van der Waals surface area (Å²) in [5, 5.41) is 4.38. The van der Waals surface area contributed by atoms with E-state index >= 15 is 0 Å². The number of amides is 1. The number of ether oxygens (including phenoxy) is 1. The Balaban J connectivity index is 2.09. The lowest BCUT2D eigenvalue weighted by molar-refractivity contribution is -0.143. The van der Waals surface area contributed by atoms with E-state index in [9.17, 15) is 9.59 Å². The number of nitrogens with zero attached hydrogens (tertiary/aromatic N) is 1. The molecule has 5 heteroatoms. The zero-order chi connectivity index (χ0) is 18.7. The van der Waals surface area contributed by atoms with Gasteiger partial charge in [0.25, 0.3) is 5.91 Å². The Morgan fingerprint density at radius 3 is 2.04 bits per heavy atom. The first-order valence-electron chi connectivity index (χ1n) is 8.67. The van der Waals surface area contributed by atoms with Crippen LogP contribution in [0.4, 0.5) is 0 Å². The molecule has 1 atom stereocenters. The predicted molar refractivity (Wildman–Crippen MR) is 102 cm³/mol. The van der Waals surface area contributed by atoms with E-state index in [0.717, 1.165) is 21.8 Å². The number of hydrogen-bond acceptors (Lipinski definition) is 4. The van der Waals surface area contributed by atoms with Crippen LogP contribution in [0.25, 0.3) is 21.8 Å². The second-order valence-corrected chi connectivity index (χ2v) is 6.70. The minimum absolute atomic E-state index is 0.241. The molecule has 1 aromatic heterocycles. The monoisotopic (exact) mass is 350 g/mol. The first-order chi connectivity index (χ1) is 12.5. The molecule has 0 bridgehead atoms. The van der Waals surface area contributed by atoms with Gasteiger partial charge in [-0.05, 0) is 24.5 Å². The molecule has 0 aliphatic carbocycles. The van der Waals surface area contributed by atoms with E-state index in [2.05, 4.69) is 10.3 Å². The van der Waals surface area contributed by atoms with Crippen molar-refractivity contribution in [1.29, 1.82) is 0 Å². The van der Waals surface area contributed by atoms with Crippen LogP contribution < -0.4 is 5.32 Å². The molecule has 0 saturated heterocycles. The maximum absolute atomic E-state index is 13.1. The van der Waals surface area contributed by atoms with Crippen LogP contribution in [0.3, 0.4) is 0 Å². The van der Waals surface area contributed by atoms with Gasteiger partial charge in [0.05, 0.1) is 23.7 Å². The van der Waals surface area contributed by atoms with Gasteiger partial charge in [-0.1, -0.05) is 50.2 Å². The number of aromatic nitrogens is 1. The molecule has 0 aliphatic heterocycles. The highest BCUT2D eigenvalue weighted by Gasteiger charge is 2.25. The number of para-hydroxylation sites is 2. The molecule has 26 heavy (non-hydrogen) atoms. The number of rotatable bonds is 5. The third kappa shape index (κ3) is 3.52. The van der Waals surface area contributed by atoms with Crippen molar-refractivity contribution in [3.05, 3.63) is 54.1 Å². The van der Waals surface area contributed by atoms with E-state index in [4.69, 9.17) is 4.74 Å². The lowest BCUT2D eigenvalue weighted by Gasteiger charge is -2.19. The van der Waals surface area contributed by atoms with E-state index < -0.39 is 12.0 Å². The van der Waals surface area contributed by atoms with Crippen LogP contribution >= 0.6 is 0 Å². The maximum Gasteiger partial charge on any atom is 0.328 e. The van der Waals surface area contributed by atoms with Crippen LogP contribution in [0.2, 0.25) is 0 Å². The summed E-state index contributed by atoms with van der Waals surface area (Å²) in [5.74, 6) is -0.490. The molecule has 0 unspecified atom stereocenters. The summed E-state index contributed by atoms with van der Waals surface area (Å²) in [5.41, 5.74) is 2.02. The molecule has 0 saturated carbocycles. The summed E-state index contributed by atoms with van der Waals surface area (Å²) < 4.78 is 4.86. The third-order valence-electron chi connectivity index (χ3n) is 4.31. The molecule has 0 radical (unpaired) electrons. The Labute approximate surface area is 152 Å². The smallest absolute Gasteiger partial charge is 0.328 e. The summed E-state index contributed by atoms with van der Waals surface area (Å²) in [7, 11) is 1.33. The Kier molecular flexibility index (Phi) is 5.16. The van der Waals surface area contributed by atoms with Crippen LogP contribution in [-0.4, -0.2) is 30.0 Å². The van der Waals surface area contributed by atoms with Gasteiger partial charge in [0, 0.05) is 10.8 Å². The number of carbonyl (C=O) groups excluding carboxylic acids is 2. The zero-order valence-electron chi connectivity index (χ0n) is 15.2. The highest BCUT2D eigenvalue weighted by molar-refractivity contribution is 6.16. The number of benzene rings is 2. The van der Waals surface area contributed by atoms with E-state index in [1.807, 2.05) is 62.4 Å². The van der Waals surface area contributed by atoms with Gasteiger partial charge in [-0.3, -0.25) is 4.79 Å². The number of hydrogen-bond donors (Lipinski definition) is 1. The lowest BCUT2D eigenvalue weighted by atomic mass is 10.00. The van der Waals surface area contributed by atoms with Crippen LogP contribution in [0.1, 0.15) is 30.6 Å². The van der Waals surface area contributed by atoms with Gasteiger partial charge in [0.1, 0.15) is 6.04 Å². The summed E-state index contributed by atoms with van der Waals surface area (Å²) >= 11 is 0. The van der Waals surface area contributed by atoms with Gasteiger partial charge in [-0.25, -0.2) is 9.78 Å². The van der Waals surface area contributed by atoms with E-state index in [1.54, 1.807) is 0 Å². The average molecular weight is 350 g/mol. The molecule has 134 valence electrons. The second-order valence-electron chi connectivity index (χ2n) is 6.70. The summed E-state index contributed by atoms with van der Waals surface area (Å²) in [6.45, 7) is 4.00. The number of fused-ring (bicyclic) bond motifs is 2. The highest BCUT2D eigenvalue weighted by atomic mass is 16.5. The minimum Gasteiger partial charge on any atom is -0.467 e. The van der Waals surface area contributed by atoms with Gasteiger partial charge in [0.2, 0.25) is 0 Å². The number of nitrogens with one attached hydrogen (secondary N) is 1. The Morgan fingerprint density at radius 1 is 1.00 bits per heavy atom. The number of esters is 1. The molecule has 5 nitrogen and oxygen atoms in total. The van der Waals surface area contributed by atoms with Gasteiger partial charge in [0.15, 0.2) is 0 Å². The number of pyridine rings is 1. The van der Waals surface area contributed by atoms with Crippen LogP contribution in [-0.2, 0) is 9.53 Å². The summed E-state index contributed by atoms with van der Waals surface area (Å²) in [6, 6.07) is 14.4. The molecule has 3 aromatic rings. The molecular formula is C21H22N2O3. The Hall–Kier alpha value is -2.95. The molecule has 1 amide bonds. The first kappa shape index (κ1) is 17.9. The van der Waals surface area contributed by atoms with Crippen LogP contribution in [0.15, 0.2) is 48.5 Å². The van der Waals surface area contributed by atoms with E-state index in [1.165, 1.54) is 7.11 Å². The topological polar surface area (TPSA) is 68.3 Å². The van der Waals surface area contributed by atoms with Crippen molar-refractivity contribution in [3.8, 4) is 0 Å². The zero-order valence-corrected chi connectivity index (χ0v) is 15.2. The lowest BCUT2D eigenvalue weighted by Crippen LogP contribution is -2.42. The van der Waals surface area contributed by atoms with Crippen LogP contribution in [0.5, 0.6) is 0 Å². The predicted octanol–water partition coefficient (Wildman–Crippen LogP) is 3.71. The van der Waals surface area contributed by atoms with Crippen molar-refractivity contribution < 1.29 is 14.3 Å². The van der Waals surface area contributed by atoms with Gasteiger partial charge >= 0.3 is 5.97 Å². The number of carbonyl (C=O) groups is 2. The molecule has 1 N–H and O–H groups in total. The molecule has 0 fully saturated rings. The second kappa shape index (κ2) is 7.52. The fourth-order valence-electron chi connectivity index (χ4n) is 3.14. The molecule has 0 aliphatic rings. The molecular weight excluding hydrogens is 328 g/mol. The average Bonchev–Trinajstić information content (AvgIpc) is 2.64. The van der Waals surface area contributed by atoms with Crippen molar-refractivity contribution in [2.75, 3.05) is 7.11 Å². The summed E-state index contributed by atoms with van der Waals surface area (Å²) in [4.78, 5) is 29.9. The number of methoxy groups -OCH3 is 1. The van der Waals surface area contributed by atoms with Crippen molar-refractivity contribution in [1.82, 2.24) is 10.3 Å². The molecule has 1 heterocycles. The van der Waals surface area contributed by atoms with Gasteiger partial charge in [-0.2, -0.15) is 0 Å². The fourth-order valence-corrected chi connectivity index (χ4v) is 3.14.